The summed E-state index contributed by atoms with van der Waals surface area (Å²) in [5.74, 6) is 11.9. The summed E-state index contributed by atoms with van der Waals surface area (Å²) in [6.45, 7) is 8.36. The van der Waals surface area contributed by atoms with Crippen molar-refractivity contribution in [1.29, 1.82) is 0 Å². The van der Waals surface area contributed by atoms with Gasteiger partial charge in [-0.3, -0.25) is 4.79 Å². The van der Waals surface area contributed by atoms with Crippen LogP contribution in [0.25, 0.3) is 0 Å². The minimum absolute atomic E-state index is 0.0267. The minimum Gasteiger partial charge on any atom is -0.361 e. The van der Waals surface area contributed by atoms with Crippen LogP contribution in [-0.4, -0.2) is 19.0 Å². The second-order valence-electron chi connectivity index (χ2n) is 4.32. The lowest BCUT2D eigenvalue weighted by Gasteiger charge is -2.01. The van der Waals surface area contributed by atoms with Gasteiger partial charge in [0.25, 0.3) is 0 Å². The summed E-state index contributed by atoms with van der Waals surface area (Å²) in [6, 6.07) is 0. The van der Waals surface area contributed by atoms with Gasteiger partial charge in [-0.2, -0.15) is 0 Å². The molecule has 2 nitrogen and oxygen atoms in total. The van der Waals surface area contributed by atoms with Gasteiger partial charge in [-0.05, 0) is 17.8 Å². The van der Waals surface area contributed by atoms with Crippen molar-refractivity contribution in [2.75, 3.05) is 13.2 Å². The second kappa shape index (κ2) is 9.01. The number of hydrogen-bond donors (Lipinski definition) is 0. The van der Waals surface area contributed by atoms with Crippen molar-refractivity contribution < 1.29 is 9.53 Å². The van der Waals surface area contributed by atoms with E-state index in [2.05, 4.69) is 37.5 Å². The van der Waals surface area contributed by atoms with Crippen molar-refractivity contribution in [3.05, 3.63) is 0 Å². The van der Waals surface area contributed by atoms with Crippen molar-refractivity contribution in [3.63, 3.8) is 0 Å². The highest BCUT2D eigenvalue weighted by Crippen LogP contribution is 1.95. The summed E-state index contributed by atoms with van der Waals surface area (Å²) in [5, 5.41) is 0. The Balaban J connectivity index is 3.62. The Morgan fingerprint density at radius 2 is 1.75 bits per heavy atom. The summed E-state index contributed by atoms with van der Waals surface area (Å²) in [6.07, 6.45) is 0.862. The zero-order chi connectivity index (χ0) is 12.4. The molecule has 0 N–H and O–H groups in total. The maximum atomic E-state index is 11.2. The number of ketones is 1. The summed E-state index contributed by atoms with van der Waals surface area (Å²) < 4.78 is 5.09. The SMILES string of the molecule is CC(C)CC#CC#CCOCC(=O)C(C)C. The van der Waals surface area contributed by atoms with Crippen LogP contribution in [0.4, 0.5) is 0 Å². The van der Waals surface area contributed by atoms with Gasteiger partial charge in [0.2, 0.25) is 0 Å². The molecule has 0 saturated heterocycles. The highest BCUT2D eigenvalue weighted by molar-refractivity contribution is 5.81. The molecule has 0 bridgehead atoms. The Hall–Kier alpha value is -1.25. The van der Waals surface area contributed by atoms with E-state index in [0.717, 1.165) is 6.42 Å². The fraction of sp³-hybridized carbons (Fsp3) is 0.643. The van der Waals surface area contributed by atoms with Gasteiger partial charge >= 0.3 is 0 Å². The standard InChI is InChI=1S/C14H20O2/c1-12(2)9-7-5-6-8-10-16-11-14(15)13(3)4/h12-13H,9-11H2,1-4H3. The van der Waals surface area contributed by atoms with Crippen LogP contribution in [0.2, 0.25) is 0 Å². The number of hydrogen-bond acceptors (Lipinski definition) is 2. The molecule has 0 aliphatic heterocycles. The molecule has 0 amide bonds. The average Bonchev–Trinajstić information content (AvgIpc) is 2.21. The van der Waals surface area contributed by atoms with E-state index in [1.165, 1.54) is 0 Å². The van der Waals surface area contributed by atoms with Crippen LogP contribution in [0, 0.1) is 35.5 Å². The number of ether oxygens (including phenoxy) is 1. The van der Waals surface area contributed by atoms with E-state index in [1.54, 1.807) is 0 Å². The van der Waals surface area contributed by atoms with Gasteiger partial charge < -0.3 is 4.74 Å². The van der Waals surface area contributed by atoms with Gasteiger partial charge in [0.05, 0.1) is 0 Å². The predicted octanol–water partition coefficient (Wildman–Crippen LogP) is 2.28. The van der Waals surface area contributed by atoms with E-state index in [1.807, 2.05) is 13.8 Å². The van der Waals surface area contributed by atoms with Gasteiger partial charge in [0.15, 0.2) is 5.78 Å². The molecule has 0 aliphatic rings. The highest BCUT2D eigenvalue weighted by atomic mass is 16.5. The third kappa shape index (κ3) is 9.31. The first-order chi connectivity index (χ1) is 7.54. The number of Topliss-reactive ketones (excluding diaryl/α,β-unsaturated/α-hetero) is 1. The zero-order valence-electron chi connectivity index (χ0n) is 10.6. The lowest BCUT2D eigenvalue weighted by atomic mass is 10.1. The molecule has 0 aromatic heterocycles. The minimum atomic E-state index is 0.0267. The average molecular weight is 220 g/mol. The van der Waals surface area contributed by atoms with Crippen LogP contribution < -0.4 is 0 Å². The topological polar surface area (TPSA) is 26.3 Å². The van der Waals surface area contributed by atoms with E-state index in [-0.39, 0.29) is 24.9 Å². The predicted molar refractivity (Wildman–Crippen MR) is 65.7 cm³/mol. The molecule has 0 fully saturated rings. The van der Waals surface area contributed by atoms with E-state index < -0.39 is 0 Å². The molecule has 0 atom stereocenters. The molecule has 0 aromatic carbocycles. The van der Waals surface area contributed by atoms with E-state index in [0.29, 0.717) is 5.92 Å². The summed E-state index contributed by atoms with van der Waals surface area (Å²) in [5.41, 5.74) is 0. The third-order valence-electron chi connectivity index (χ3n) is 1.81. The monoisotopic (exact) mass is 220 g/mol. The molecule has 88 valence electrons. The largest absolute Gasteiger partial charge is 0.361 e. The van der Waals surface area contributed by atoms with Gasteiger partial charge in [0, 0.05) is 12.3 Å². The van der Waals surface area contributed by atoms with E-state index >= 15 is 0 Å². The summed E-state index contributed by atoms with van der Waals surface area (Å²) >= 11 is 0. The van der Waals surface area contributed by atoms with Crippen molar-refractivity contribution in [1.82, 2.24) is 0 Å². The summed E-state index contributed by atoms with van der Waals surface area (Å²) in [7, 11) is 0. The zero-order valence-corrected chi connectivity index (χ0v) is 10.6. The van der Waals surface area contributed by atoms with E-state index in [9.17, 15) is 4.79 Å². The van der Waals surface area contributed by atoms with Crippen LogP contribution in [0.1, 0.15) is 34.1 Å². The van der Waals surface area contributed by atoms with Gasteiger partial charge in [-0.1, -0.05) is 39.5 Å². The number of carbonyl (C=O) groups excluding carboxylic acids is 1. The third-order valence-corrected chi connectivity index (χ3v) is 1.81. The molecule has 0 heterocycles. The molecule has 0 spiro atoms. The molecule has 0 rings (SSSR count). The highest BCUT2D eigenvalue weighted by Gasteiger charge is 2.05. The molecule has 0 unspecified atom stereocenters. The molecule has 0 saturated carbocycles. The quantitative estimate of drug-likeness (QED) is 0.525. The molecule has 0 aliphatic carbocycles. The molecule has 0 radical (unpaired) electrons. The normalized spacial score (nSPS) is 9.38. The van der Waals surface area contributed by atoms with Crippen LogP contribution in [0.15, 0.2) is 0 Å². The summed E-state index contributed by atoms with van der Waals surface area (Å²) in [4.78, 5) is 11.2. The first-order valence-corrected chi connectivity index (χ1v) is 5.60. The Morgan fingerprint density at radius 3 is 2.31 bits per heavy atom. The fourth-order valence-electron chi connectivity index (χ4n) is 0.749. The molecular weight excluding hydrogens is 200 g/mol. The molecule has 16 heavy (non-hydrogen) atoms. The Kier molecular flexibility index (Phi) is 8.31. The number of rotatable bonds is 5. The van der Waals surface area contributed by atoms with Gasteiger partial charge in [-0.15, -0.1) is 0 Å². The van der Waals surface area contributed by atoms with Crippen molar-refractivity contribution >= 4 is 5.78 Å². The fourth-order valence-corrected chi connectivity index (χ4v) is 0.749. The van der Waals surface area contributed by atoms with Crippen molar-refractivity contribution in [2.24, 2.45) is 11.8 Å². The van der Waals surface area contributed by atoms with Crippen LogP contribution >= 0.6 is 0 Å². The second-order valence-corrected chi connectivity index (χ2v) is 4.32. The Morgan fingerprint density at radius 1 is 1.12 bits per heavy atom. The smallest absolute Gasteiger partial charge is 0.161 e. The van der Waals surface area contributed by atoms with Gasteiger partial charge in [-0.25, -0.2) is 0 Å². The Bertz CT molecular complexity index is 318. The maximum absolute atomic E-state index is 11.2. The molecule has 2 heteroatoms. The van der Waals surface area contributed by atoms with Crippen molar-refractivity contribution in [3.8, 4) is 23.7 Å². The van der Waals surface area contributed by atoms with Crippen LogP contribution in [-0.2, 0) is 9.53 Å². The first kappa shape index (κ1) is 14.8. The first-order valence-electron chi connectivity index (χ1n) is 5.60. The number of carbonyl (C=O) groups is 1. The maximum Gasteiger partial charge on any atom is 0.161 e. The lowest BCUT2D eigenvalue weighted by Crippen LogP contribution is -2.14. The van der Waals surface area contributed by atoms with Crippen molar-refractivity contribution in [2.45, 2.75) is 34.1 Å². The molecular formula is C14H20O2. The molecule has 0 aromatic rings. The lowest BCUT2D eigenvalue weighted by molar-refractivity contribution is -0.126. The van der Waals surface area contributed by atoms with Gasteiger partial charge in [0.1, 0.15) is 13.2 Å². The Labute approximate surface area is 98.8 Å². The van der Waals surface area contributed by atoms with E-state index in [4.69, 9.17) is 4.74 Å². The van der Waals surface area contributed by atoms with Crippen LogP contribution in [0.3, 0.4) is 0 Å². The van der Waals surface area contributed by atoms with Crippen LogP contribution in [0.5, 0.6) is 0 Å².